The summed E-state index contributed by atoms with van der Waals surface area (Å²) in [5, 5.41) is 2.90. The lowest BCUT2D eigenvalue weighted by Gasteiger charge is -2.10. The Kier molecular flexibility index (Phi) is 6.79. The molecule has 0 aromatic heterocycles. The first-order valence-electron chi connectivity index (χ1n) is 6.86. The fourth-order valence-corrected chi connectivity index (χ4v) is 1.93. The largest absolute Gasteiger partial charge is 0.496 e. The first-order valence-corrected chi connectivity index (χ1v) is 6.86. The summed E-state index contributed by atoms with van der Waals surface area (Å²) >= 11 is 0. The van der Waals surface area contributed by atoms with Gasteiger partial charge in [-0.25, -0.2) is 0 Å². The third-order valence-corrected chi connectivity index (χ3v) is 3.04. The fourth-order valence-electron chi connectivity index (χ4n) is 1.93. The molecule has 1 aromatic carbocycles. The van der Waals surface area contributed by atoms with Gasteiger partial charge in [0.2, 0.25) is 5.91 Å². The number of carbonyl (C=O) groups excluding carboxylic acids is 1. The molecule has 1 amide bonds. The van der Waals surface area contributed by atoms with Gasteiger partial charge in [-0.05, 0) is 24.6 Å². The molecule has 4 nitrogen and oxygen atoms in total. The molecule has 0 radical (unpaired) electrons. The second-order valence-electron chi connectivity index (χ2n) is 4.66. The van der Waals surface area contributed by atoms with Crippen LogP contribution in [0.4, 0.5) is 5.69 Å². The van der Waals surface area contributed by atoms with Gasteiger partial charge in [0.1, 0.15) is 5.75 Å². The number of carbonyl (C=O) groups is 1. The van der Waals surface area contributed by atoms with Gasteiger partial charge in [-0.2, -0.15) is 0 Å². The van der Waals surface area contributed by atoms with Gasteiger partial charge in [-0.15, -0.1) is 0 Å². The molecule has 0 saturated carbocycles. The summed E-state index contributed by atoms with van der Waals surface area (Å²) < 4.78 is 5.24. The van der Waals surface area contributed by atoms with E-state index < -0.39 is 0 Å². The maximum atomic E-state index is 11.7. The number of hydrogen-bond acceptors (Lipinski definition) is 3. The molecule has 0 heterocycles. The summed E-state index contributed by atoms with van der Waals surface area (Å²) in [6.45, 7) is 2.62. The second-order valence-corrected chi connectivity index (χ2v) is 4.66. The number of nitrogens with two attached hydrogens (primary N) is 1. The van der Waals surface area contributed by atoms with Crippen molar-refractivity contribution in [3.8, 4) is 5.75 Å². The van der Waals surface area contributed by atoms with E-state index in [0.717, 1.165) is 24.2 Å². The number of rotatable bonds is 8. The van der Waals surface area contributed by atoms with Crippen molar-refractivity contribution in [2.24, 2.45) is 0 Å². The topological polar surface area (TPSA) is 64.4 Å². The minimum atomic E-state index is 0.0839. The molecule has 0 unspecified atom stereocenters. The van der Waals surface area contributed by atoms with E-state index in [1.165, 1.54) is 12.8 Å². The molecule has 0 saturated heterocycles. The predicted octanol–water partition coefficient (Wildman–Crippen LogP) is 2.86. The highest BCUT2D eigenvalue weighted by molar-refractivity contribution is 5.75. The van der Waals surface area contributed by atoms with Crippen LogP contribution in [0.5, 0.6) is 5.75 Å². The van der Waals surface area contributed by atoms with Crippen LogP contribution in [0.25, 0.3) is 0 Å². The number of anilines is 1. The van der Waals surface area contributed by atoms with Crippen LogP contribution in [-0.2, 0) is 11.3 Å². The second kappa shape index (κ2) is 8.40. The van der Waals surface area contributed by atoms with Gasteiger partial charge in [0.05, 0.1) is 7.11 Å². The van der Waals surface area contributed by atoms with Gasteiger partial charge >= 0.3 is 0 Å². The molecule has 106 valence electrons. The highest BCUT2D eigenvalue weighted by Crippen LogP contribution is 2.20. The number of methoxy groups -OCH3 is 1. The van der Waals surface area contributed by atoms with Gasteiger partial charge in [0, 0.05) is 24.2 Å². The van der Waals surface area contributed by atoms with Crippen molar-refractivity contribution in [2.45, 2.75) is 45.6 Å². The van der Waals surface area contributed by atoms with Gasteiger partial charge < -0.3 is 15.8 Å². The number of benzene rings is 1. The third-order valence-electron chi connectivity index (χ3n) is 3.04. The summed E-state index contributed by atoms with van der Waals surface area (Å²) in [7, 11) is 1.61. The third kappa shape index (κ3) is 5.64. The monoisotopic (exact) mass is 264 g/mol. The molecule has 4 heteroatoms. The van der Waals surface area contributed by atoms with Crippen LogP contribution in [0.2, 0.25) is 0 Å². The van der Waals surface area contributed by atoms with Crippen molar-refractivity contribution in [3.63, 3.8) is 0 Å². The average Bonchev–Trinajstić information content (AvgIpc) is 2.41. The summed E-state index contributed by atoms with van der Waals surface area (Å²) in [5.74, 6) is 0.834. The van der Waals surface area contributed by atoms with Crippen LogP contribution in [0, 0.1) is 0 Å². The molecule has 19 heavy (non-hydrogen) atoms. The molecular weight excluding hydrogens is 240 g/mol. The van der Waals surface area contributed by atoms with Crippen molar-refractivity contribution in [1.82, 2.24) is 5.32 Å². The quantitative estimate of drug-likeness (QED) is 0.560. The Balaban J connectivity index is 2.39. The Bertz CT molecular complexity index is 405. The standard InChI is InChI=1S/C15H24N2O2/c1-3-4-5-6-7-15(18)17-11-12-10-13(16)8-9-14(12)19-2/h8-10H,3-7,11,16H2,1-2H3,(H,17,18). The van der Waals surface area contributed by atoms with Crippen molar-refractivity contribution < 1.29 is 9.53 Å². The van der Waals surface area contributed by atoms with E-state index in [1.807, 2.05) is 12.1 Å². The van der Waals surface area contributed by atoms with E-state index >= 15 is 0 Å². The van der Waals surface area contributed by atoms with Gasteiger partial charge in [0.25, 0.3) is 0 Å². The first-order chi connectivity index (χ1) is 9.17. The van der Waals surface area contributed by atoms with Crippen LogP contribution >= 0.6 is 0 Å². The van der Waals surface area contributed by atoms with Crippen LogP contribution in [0.3, 0.4) is 0 Å². The van der Waals surface area contributed by atoms with Crippen LogP contribution in [-0.4, -0.2) is 13.0 Å². The Hall–Kier alpha value is -1.71. The molecule has 0 spiro atoms. The van der Waals surface area contributed by atoms with Crippen LogP contribution < -0.4 is 15.8 Å². The smallest absolute Gasteiger partial charge is 0.220 e. The lowest BCUT2D eigenvalue weighted by molar-refractivity contribution is -0.121. The van der Waals surface area contributed by atoms with Crippen molar-refractivity contribution >= 4 is 11.6 Å². The minimum absolute atomic E-state index is 0.0839. The lowest BCUT2D eigenvalue weighted by Crippen LogP contribution is -2.22. The normalized spacial score (nSPS) is 10.2. The zero-order valence-corrected chi connectivity index (χ0v) is 11.9. The van der Waals surface area contributed by atoms with E-state index in [9.17, 15) is 4.79 Å². The van der Waals surface area contributed by atoms with Crippen molar-refractivity contribution in [2.75, 3.05) is 12.8 Å². The van der Waals surface area contributed by atoms with Crippen LogP contribution in [0.1, 0.15) is 44.6 Å². The number of amides is 1. The van der Waals surface area contributed by atoms with Gasteiger partial charge in [-0.3, -0.25) is 4.79 Å². The van der Waals surface area contributed by atoms with E-state index in [4.69, 9.17) is 10.5 Å². The van der Waals surface area contributed by atoms with E-state index in [1.54, 1.807) is 13.2 Å². The molecule has 3 N–H and O–H groups in total. The number of nitrogen functional groups attached to an aromatic ring is 1. The summed E-state index contributed by atoms with van der Waals surface area (Å²) in [6.07, 6.45) is 5.03. The zero-order chi connectivity index (χ0) is 14.1. The summed E-state index contributed by atoms with van der Waals surface area (Å²) in [4.78, 5) is 11.7. The van der Waals surface area contributed by atoms with Crippen LogP contribution in [0.15, 0.2) is 18.2 Å². The van der Waals surface area contributed by atoms with E-state index in [0.29, 0.717) is 18.7 Å². The SMILES string of the molecule is CCCCCCC(=O)NCc1cc(N)ccc1OC. The number of unbranched alkanes of at least 4 members (excludes halogenated alkanes) is 3. The lowest BCUT2D eigenvalue weighted by atomic mass is 10.1. The molecular formula is C15H24N2O2. The molecule has 0 atom stereocenters. The molecule has 0 aliphatic heterocycles. The Morgan fingerprint density at radius 3 is 2.79 bits per heavy atom. The highest BCUT2D eigenvalue weighted by atomic mass is 16.5. The molecule has 0 aliphatic carbocycles. The van der Waals surface area contributed by atoms with Crippen molar-refractivity contribution in [3.05, 3.63) is 23.8 Å². The average molecular weight is 264 g/mol. The molecule has 0 aliphatic rings. The summed E-state index contributed by atoms with van der Waals surface area (Å²) in [6, 6.07) is 5.43. The maximum absolute atomic E-state index is 11.7. The molecule has 0 bridgehead atoms. The first kappa shape index (κ1) is 15.3. The maximum Gasteiger partial charge on any atom is 0.220 e. The number of ether oxygens (including phenoxy) is 1. The number of nitrogens with one attached hydrogen (secondary N) is 1. The van der Waals surface area contributed by atoms with E-state index in [2.05, 4.69) is 12.2 Å². The zero-order valence-electron chi connectivity index (χ0n) is 11.9. The molecule has 1 aromatic rings. The Morgan fingerprint density at radius 2 is 2.11 bits per heavy atom. The highest BCUT2D eigenvalue weighted by Gasteiger charge is 2.06. The fraction of sp³-hybridized carbons (Fsp3) is 0.533. The van der Waals surface area contributed by atoms with E-state index in [-0.39, 0.29) is 5.91 Å². The minimum Gasteiger partial charge on any atom is -0.496 e. The number of hydrogen-bond donors (Lipinski definition) is 2. The summed E-state index contributed by atoms with van der Waals surface area (Å²) in [5.41, 5.74) is 7.31. The Morgan fingerprint density at radius 1 is 1.32 bits per heavy atom. The van der Waals surface area contributed by atoms with Crippen molar-refractivity contribution in [1.29, 1.82) is 0 Å². The molecule has 0 fully saturated rings. The van der Waals surface area contributed by atoms with Gasteiger partial charge in [0.15, 0.2) is 0 Å². The Labute approximate surface area is 115 Å². The molecule has 1 rings (SSSR count). The predicted molar refractivity (Wildman–Crippen MR) is 78.0 cm³/mol. The van der Waals surface area contributed by atoms with Gasteiger partial charge in [-0.1, -0.05) is 26.2 Å².